The highest BCUT2D eigenvalue weighted by molar-refractivity contribution is 5.92. The van der Waals surface area contributed by atoms with Crippen molar-refractivity contribution in [1.82, 2.24) is 4.57 Å². The van der Waals surface area contributed by atoms with Gasteiger partial charge in [0.15, 0.2) is 0 Å². The van der Waals surface area contributed by atoms with Crippen LogP contribution in [0.2, 0.25) is 0 Å². The first-order valence-corrected chi connectivity index (χ1v) is 14.4. The largest absolute Gasteiger partial charge is 0.316 e. The number of nitrogens with zero attached hydrogens (tertiary/aromatic N) is 3. The number of hydrogen-bond acceptors (Lipinski definition) is 2. The third kappa shape index (κ3) is 4.40. The summed E-state index contributed by atoms with van der Waals surface area (Å²) in [6.07, 6.45) is 0. The highest BCUT2D eigenvalue weighted by Crippen LogP contribution is 2.46. The maximum atomic E-state index is 2.39. The molecule has 1 aromatic heterocycles. The first kappa shape index (κ1) is 25.7. The van der Waals surface area contributed by atoms with E-state index in [1.54, 1.807) is 0 Å². The summed E-state index contributed by atoms with van der Waals surface area (Å²) in [5.41, 5.74) is 7.00. The number of rotatable bonds is 6. The van der Waals surface area contributed by atoms with Gasteiger partial charge in [-0.05, 0) is 95.1 Å². The summed E-state index contributed by atoms with van der Waals surface area (Å²) in [7, 11) is 2.19. The van der Waals surface area contributed by atoms with E-state index >= 15 is 0 Å². The molecule has 0 saturated carbocycles. The maximum absolute atomic E-state index is 2.39. The van der Waals surface area contributed by atoms with Gasteiger partial charge in [-0.15, -0.1) is 0 Å². The van der Waals surface area contributed by atoms with Crippen LogP contribution in [-0.2, 0) is 7.05 Å². The molecule has 7 rings (SSSR count). The van der Waals surface area contributed by atoms with Gasteiger partial charge in [0.05, 0.1) is 0 Å². The van der Waals surface area contributed by atoms with Gasteiger partial charge in [0, 0.05) is 29.8 Å². The van der Waals surface area contributed by atoms with Gasteiger partial charge < -0.3 is 4.57 Å². The summed E-state index contributed by atoms with van der Waals surface area (Å²) in [4.78, 5) is 4.78. The zero-order valence-corrected chi connectivity index (χ0v) is 24.2. The van der Waals surface area contributed by atoms with Crippen molar-refractivity contribution in [2.75, 3.05) is 9.80 Å². The zero-order chi connectivity index (χ0) is 28.6. The molecule has 0 unspecified atom stereocenters. The number of hydrogen-bond donors (Lipinski definition) is 0. The predicted molar refractivity (Wildman–Crippen MR) is 179 cm³/mol. The molecule has 0 atom stereocenters. The minimum absolute atomic E-state index is 1.12. The Morgan fingerprint density at radius 1 is 0.381 bits per heavy atom. The molecule has 0 aliphatic rings. The second kappa shape index (κ2) is 10.6. The van der Waals surface area contributed by atoms with Crippen LogP contribution in [-0.4, -0.2) is 4.57 Å². The van der Waals surface area contributed by atoms with Crippen molar-refractivity contribution < 1.29 is 0 Å². The highest BCUT2D eigenvalue weighted by Gasteiger charge is 2.27. The summed E-state index contributed by atoms with van der Waals surface area (Å²) >= 11 is 0. The Morgan fingerprint density at radius 3 is 1.14 bits per heavy atom. The molecule has 0 fully saturated rings. The molecule has 42 heavy (non-hydrogen) atoms. The summed E-state index contributed by atoms with van der Waals surface area (Å²) in [6, 6.07) is 52.0. The monoisotopic (exact) mass is 543 g/mol. The second-order valence-electron chi connectivity index (χ2n) is 10.9. The fourth-order valence-corrected chi connectivity index (χ4v) is 6.15. The van der Waals surface area contributed by atoms with Crippen molar-refractivity contribution in [3.05, 3.63) is 157 Å². The van der Waals surface area contributed by atoms with E-state index in [1.165, 1.54) is 32.7 Å². The minimum atomic E-state index is 1.12. The van der Waals surface area contributed by atoms with Crippen molar-refractivity contribution in [2.24, 2.45) is 7.05 Å². The summed E-state index contributed by atoms with van der Waals surface area (Å²) < 4.78 is 2.36. The average molecular weight is 544 g/mol. The van der Waals surface area contributed by atoms with Crippen molar-refractivity contribution in [1.29, 1.82) is 0 Å². The van der Waals surface area contributed by atoms with Gasteiger partial charge >= 0.3 is 0 Å². The van der Waals surface area contributed by atoms with Gasteiger partial charge in [-0.3, -0.25) is 9.80 Å². The Hall–Kier alpha value is -5.28. The van der Waals surface area contributed by atoms with E-state index in [9.17, 15) is 0 Å². The first-order valence-electron chi connectivity index (χ1n) is 14.4. The van der Waals surface area contributed by atoms with Crippen molar-refractivity contribution >= 4 is 55.9 Å². The molecule has 3 heteroatoms. The molecule has 204 valence electrons. The van der Waals surface area contributed by atoms with Crippen LogP contribution in [0.1, 0.15) is 11.1 Å². The van der Waals surface area contributed by atoms with Crippen molar-refractivity contribution in [3.8, 4) is 0 Å². The Bertz CT molecular complexity index is 1880. The van der Waals surface area contributed by atoms with E-state index < -0.39 is 0 Å². The number of anilines is 6. The van der Waals surface area contributed by atoms with Gasteiger partial charge in [-0.2, -0.15) is 0 Å². The molecule has 0 N–H and O–H groups in total. The molecule has 0 saturated heterocycles. The van der Waals surface area contributed by atoms with E-state index in [2.05, 4.69) is 181 Å². The summed E-state index contributed by atoms with van der Waals surface area (Å²) in [5, 5.41) is 4.92. The molecule has 0 aliphatic carbocycles. The van der Waals surface area contributed by atoms with Gasteiger partial charge in [0.25, 0.3) is 0 Å². The molecule has 3 nitrogen and oxygen atoms in total. The van der Waals surface area contributed by atoms with Gasteiger partial charge in [0.2, 0.25) is 0 Å². The normalized spacial score (nSPS) is 11.2. The molecule has 0 bridgehead atoms. The minimum Gasteiger partial charge on any atom is -0.316 e. The van der Waals surface area contributed by atoms with E-state index in [-0.39, 0.29) is 0 Å². The van der Waals surface area contributed by atoms with Crippen LogP contribution in [0.4, 0.5) is 34.4 Å². The fourth-order valence-electron chi connectivity index (χ4n) is 6.15. The Kier molecular flexibility index (Phi) is 6.48. The van der Waals surface area contributed by atoms with Crippen LogP contribution in [0.25, 0.3) is 21.5 Å². The lowest BCUT2D eigenvalue weighted by molar-refractivity contribution is 0.896. The quantitative estimate of drug-likeness (QED) is 0.207. The third-order valence-corrected chi connectivity index (χ3v) is 8.30. The smallest absolute Gasteiger partial charge is 0.122 e. The molecule has 1 heterocycles. The van der Waals surface area contributed by atoms with Crippen LogP contribution in [0.3, 0.4) is 0 Å². The van der Waals surface area contributed by atoms with E-state index in [0.29, 0.717) is 0 Å². The van der Waals surface area contributed by atoms with E-state index in [0.717, 1.165) is 34.4 Å². The number of benzene rings is 6. The Balaban J connectivity index is 1.47. The fraction of sp³-hybridized carbons (Fsp3) is 0.0769. The maximum Gasteiger partial charge on any atom is 0.122 e. The molecule has 0 amide bonds. The molecule has 6 aromatic carbocycles. The lowest BCUT2D eigenvalue weighted by Crippen LogP contribution is -2.18. The predicted octanol–water partition coefficient (Wildman–Crippen LogP) is 10.9. The zero-order valence-electron chi connectivity index (χ0n) is 24.2. The van der Waals surface area contributed by atoms with Gasteiger partial charge in [-0.25, -0.2) is 0 Å². The molecular weight excluding hydrogens is 510 g/mol. The second-order valence-corrected chi connectivity index (χ2v) is 10.9. The van der Waals surface area contributed by atoms with Crippen molar-refractivity contribution in [2.45, 2.75) is 13.8 Å². The molecule has 0 radical (unpaired) electrons. The van der Waals surface area contributed by atoms with Crippen LogP contribution >= 0.6 is 0 Å². The number of para-hydroxylation sites is 2. The first-order chi connectivity index (χ1) is 20.6. The summed E-state index contributed by atoms with van der Waals surface area (Å²) in [5.74, 6) is 2.29. The third-order valence-electron chi connectivity index (χ3n) is 8.30. The van der Waals surface area contributed by atoms with Crippen LogP contribution < -0.4 is 9.80 Å². The Labute approximate surface area is 247 Å². The molecule has 0 spiro atoms. The van der Waals surface area contributed by atoms with Crippen molar-refractivity contribution in [3.63, 3.8) is 0 Å². The SMILES string of the molecule is Cc1c(C)c(N(c2ccccc2)c2ccc3ccccc3c2)n(C)c1N(c1ccccc1)c1ccc2ccccc2c1. The van der Waals surface area contributed by atoms with E-state index in [4.69, 9.17) is 0 Å². The van der Waals surface area contributed by atoms with Crippen LogP contribution in [0.15, 0.2) is 146 Å². The van der Waals surface area contributed by atoms with Crippen LogP contribution in [0, 0.1) is 13.8 Å². The van der Waals surface area contributed by atoms with Crippen LogP contribution in [0.5, 0.6) is 0 Å². The lowest BCUT2D eigenvalue weighted by atomic mass is 10.1. The number of fused-ring (bicyclic) bond motifs is 2. The lowest BCUT2D eigenvalue weighted by Gasteiger charge is -2.30. The number of aromatic nitrogens is 1. The molecular formula is C39H33N3. The Morgan fingerprint density at radius 2 is 0.738 bits per heavy atom. The highest BCUT2D eigenvalue weighted by atomic mass is 15.3. The molecule has 7 aromatic rings. The average Bonchev–Trinajstić information content (AvgIpc) is 3.25. The standard InChI is InChI=1S/C39H33N3/c1-28-29(2)39(42(35-20-8-5-9-21-35)37-25-23-31-15-11-13-17-33(31)27-37)40(3)38(28)41(34-18-6-4-7-19-34)36-24-22-30-14-10-12-16-32(30)26-36/h4-27H,1-3H3. The summed E-state index contributed by atoms with van der Waals surface area (Å²) in [6.45, 7) is 4.49. The van der Waals surface area contributed by atoms with Gasteiger partial charge in [-0.1, -0.05) is 97.1 Å². The topological polar surface area (TPSA) is 11.4 Å². The van der Waals surface area contributed by atoms with Gasteiger partial charge in [0.1, 0.15) is 11.6 Å². The van der Waals surface area contributed by atoms with E-state index in [1.807, 2.05) is 0 Å². The molecule has 0 aliphatic heterocycles.